The molecular weight excluding hydrogens is 242 g/mol. The van der Waals surface area contributed by atoms with Crippen molar-refractivity contribution in [3.05, 3.63) is 0 Å². The number of hydrogen-bond donors (Lipinski definition) is 0. The Balaban J connectivity index is 1.86. The van der Waals surface area contributed by atoms with Gasteiger partial charge in [-0.15, -0.1) is 0 Å². The average molecular weight is 262 g/mol. The molecule has 0 aromatic carbocycles. The Kier molecular flexibility index (Phi) is 3.86. The van der Waals surface area contributed by atoms with E-state index in [0.717, 1.165) is 26.3 Å². The maximum absolute atomic E-state index is 5.38. The van der Waals surface area contributed by atoms with Gasteiger partial charge in [0, 0.05) is 25.0 Å². The molecule has 0 aromatic rings. The van der Waals surface area contributed by atoms with Crippen LogP contribution in [0.5, 0.6) is 0 Å². The second-order valence-corrected chi connectivity index (χ2v) is 5.29. The Labute approximate surface area is 95.1 Å². The van der Waals surface area contributed by atoms with E-state index < -0.39 is 0 Å². The summed E-state index contributed by atoms with van der Waals surface area (Å²) in [6.45, 7) is 5.40. The van der Waals surface area contributed by atoms with Crippen LogP contribution in [0, 0.1) is 5.41 Å². The summed E-state index contributed by atoms with van der Waals surface area (Å²) in [5.74, 6) is 0. The Morgan fingerprint density at radius 1 is 1.14 bits per heavy atom. The molecule has 3 heteroatoms. The van der Waals surface area contributed by atoms with E-state index in [4.69, 9.17) is 4.74 Å². The van der Waals surface area contributed by atoms with Crippen LogP contribution >= 0.6 is 15.9 Å². The van der Waals surface area contributed by atoms with Crippen LogP contribution in [0.25, 0.3) is 0 Å². The molecule has 2 aliphatic rings. The highest BCUT2D eigenvalue weighted by Crippen LogP contribution is 2.40. The number of ether oxygens (including phenoxy) is 1. The van der Waals surface area contributed by atoms with Crippen molar-refractivity contribution in [1.82, 2.24) is 4.90 Å². The molecule has 0 amide bonds. The lowest BCUT2D eigenvalue weighted by Crippen LogP contribution is -2.43. The highest BCUT2D eigenvalue weighted by molar-refractivity contribution is 9.09. The number of alkyl halides is 1. The zero-order valence-corrected chi connectivity index (χ0v) is 10.4. The fraction of sp³-hybridized carbons (Fsp3) is 1.00. The predicted octanol–water partition coefficient (Wildman–Crippen LogP) is 2.27. The van der Waals surface area contributed by atoms with Gasteiger partial charge in [-0.05, 0) is 18.3 Å². The second kappa shape index (κ2) is 4.95. The van der Waals surface area contributed by atoms with E-state index in [2.05, 4.69) is 20.8 Å². The highest BCUT2D eigenvalue weighted by atomic mass is 79.9. The Morgan fingerprint density at radius 3 is 2.36 bits per heavy atom. The van der Waals surface area contributed by atoms with E-state index in [1.54, 1.807) is 0 Å². The van der Waals surface area contributed by atoms with E-state index in [1.165, 1.54) is 37.6 Å². The Bertz CT molecular complexity index is 174. The van der Waals surface area contributed by atoms with Crippen LogP contribution in [-0.4, -0.2) is 43.1 Å². The molecule has 0 radical (unpaired) electrons. The molecule has 0 atom stereocenters. The van der Waals surface area contributed by atoms with Crippen LogP contribution in [0.3, 0.4) is 0 Å². The van der Waals surface area contributed by atoms with Gasteiger partial charge in [0.2, 0.25) is 0 Å². The summed E-state index contributed by atoms with van der Waals surface area (Å²) in [5, 5.41) is 1.18. The first kappa shape index (κ1) is 10.9. The van der Waals surface area contributed by atoms with Gasteiger partial charge in [0.25, 0.3) is 0 Å². The van der Waals surface area contributed by atoms with E-state index in [0.29, 0.717) is 5.41 Å². The van der Waals surface area contributed by atoms with Gasteiger partial charge in [0.05, 0.1) is 13.2 Å². The quantitative estimate of drug-likeness (QED) is 0.723. The van der Waals surface area contributed by atoms with Gasteiger partial charge >= 0.3 is 0 Å². The third kappa shape index (κ3) is 2.50. The number of halogens is 1. The molecule has 1 aliphatic carbocycles. The number of morpholine rings is 1. The average Bonchev–Trinajstić information content (AvgIpc) is 2.69. The first-order valence-corrected chi connectivity index (χ1v) is 6.83. The van der Waals surface area contributed by atoms with E-state index >= 15 is 0 Å². The summed E-state index contributed by atoms with van der Waals surface area (Å²) < 4.78 is 5.38. The third-order valence-electron chi connectivity index (χ3n) is 3.61. The summed E-state index contributed by atoms with van der Waals surface area (Å²) in [6.07, 6.45) is 5.68. The second-order valence-electron chi connectivity index (χ2n) is 4.73. The molecule has 0 N–H and O–H groups in total. The first-order valence-electron chi connectivity index (χ1n) is 5.71. The molecule has 1 saturated heterocycles. The van der Waals surface area contributed by atoms with Crippen molar-refractivity contribution >= 4 is 15.9 Å². The summed E-state index contributed by atoms with van der Waals surface area (Å²) in [4.78, 5) is 2.58. The molecule has 2 nitrogen and oxygen atoms in total. The lowest BCUT2D eigenvalue weighted by Gasteiger charge is -2.36. The summed E-state index contributed by atoms with van der Waals surface area (Å²) in [7, 11) is 0. The molecule has 82 valence electrons. The molecule has 0 spiro atoms. The van der Waals surface area contributed by atoms with Crippen molar-refractivity contribution in [1.29, 1.82) is 0 Å². The van der Waals surface area contributed by atoms with Crippen molar-refractivity contribution in [3.63, 3.8) is 0 Å². The minimum absolute atomic E-state index is 0.581. The van der Waals surface area contributed by atoms with Gasteiger partial charge in [0.1, 0.15) is 0 Å². The predicted molar refractivity (Wildman–Crippen MR) is 62.0 cm³/mol. The molecule has 1 saturated carbocycles. The highest BCUT2D eigenvalue weighted by Gasteiger charge is 2.34. The molecule has 1 heterocycles. The zero-order chi connectivity index (χ0) is 9.86. The van der Waals surface area contributed by atoms with Crippen LogP contribution in [-0.2, 0) is 4.74 Å². The Hall–Kier alpha value is 0.400. The maximum Gasteiger partial charge on any atom is 0.0594 e. The number of hydrogen-bond acceptors (Lipinski definition) is 2. The van der Waals surface area contributed by atoms with E-state index in [1.807, 2.05) is 0 Å². The van der Waals surface area contributed by atoms with Crippen molar-refractivity contribution in [2.45, 2.75) is 25.7 Å². The molecule has 2 rings (SSSR count). The van der Waals surface area contributed by atoms with Crippen LogP contribution in [0.15, 0.2) is 0 Å². The molecule has 0 bridgehead atoms. The molecule has 0 aromatic heterocycles. The van der Waals surface area contributed by atoms with E-state index in [-0.39, 0.29) is 0 Å². The lowest BCUT2D eigenvalue weighted by molar-refractivity contribution is 0.0204. The van der Waals surface area contributed by atoms with Gasteiger partial charge in [-0.3, -0.25) is 4.90 Å². The van der Waals surface area contributed by atoms with Gasteiger partial charge < -0.3 is 4.74 Å². The molecule has 2 fully saturated rings. The normalized spacial score (nSPS) is 28.1. The van der Waals surface area contributed by atoms with Gasteiger partial charge in [-0.1, -0.05) is 28.8 Å². The van der Waals surface area contributed by atoms with Gasteiger partial charge in [-0.25, -0.2) is 0 Å². The Morgan fingerprint density at radius 2 is 1.79 bits per heavy atom. The minimum Gasteiger partial charge on any atom is -0.379 e. The van der Waals surface area contributed by atoms with Gasteiger partial charge in [0.15, 0.2) is 0 Å². The van der Waals surface area contributed by atoms with Crippen molar-refractivity contribution in [2.75, 3.05) is 38.2 Å². The lowest BCUT2D eigenvalue weighted by atomic mass is 9.88. The summed E-state index contributed by atoms with van der Waals surface area (Å²) >= 11 is 3.70. The molecular formula is C11H20BrNO. The standard InChI is InChI=1S/C11H20BrNO/c12-9-11(3-1-2-4-11)10-13-5-7-14-8-6-13/h1-10H2. The van der Waals surface area contributed by atoms with Crippen LogP contribution in [0.4, 0.5) is 0 Å². The smallest absolute Gasteiger partial charge is 0.0594 e. The van der Waals surface area contributed by atoms with Crippen molar-refractivity contribution in [2.24, 2.45) is 5.41 Å². The van der Waals surface area contributed by atoms with Crippen LogP contribution in [0.1, 0.15) is 25.7 Å². The minimum atomic E-state index is 0.581. The van der Waals surface area contributed by atoms with Crippen molar-refractivity contribution < 1.29 is 4.74 Å². The zero-order valence-electron chi connectivity index (χ0n) is 8.80. The topological polar surface area (TPSA) is 12.5 Å². The van der Waals surface area contributed by atoms with E-state index in [9.17, 15) is 0 Å². The van der Waals surface area contributed by atoms with Crippen molar-refractivity contribution in [3.8, 4) is 0 Å². The number of rotatable bonds is 3. The van der Waals surface area contributed by atoms with Crippen LogP contribution in [0.2, 0.25) is 0 Å². The monoisotopic (exact) mass is 261 g/mol. The SMILES string of the molecule is BrCC1(CN2CCOCC2)CCCC1. The molecule has 1 aliphatic heterocycles. The maximum atomic E-state index is 5.38. The van der Waals surface area contributed by atoms with Gasteiger partial charge in [-0.2, -0.15) is 0 Å². The fourth-order valence-corrected chi connectivity index (χ4v) is 3.43. The summed E-state index contributed by atoms with van der Waals surface area (Å²) in [5.41, 5.74) is 0.581. The number of nitrogens with zero attached hydrogens (tertiary/aromatic N) is 1. The summed E-state index contributed by atoms with van der Waals surface area (Å²) in [6, 6.07) is 0. The fourth-order valence-electron chi connectivity index (χ4n) is 2.69. The first-order chi connectivity index (χ1) is 6.85. The molecule has 0 unspecified atom stereocenters. The molecule has 14 heavy (non-hydrogen) atoms. The largest absolute Gasteiger partial charge is 0.379 e. The third-order valence-corrected chi connectivity index (χ3v) is 4.80. The van der Waals surface area contributed by atoms with Crippen LogP contribution < -0.4 is 0 Å².